The third kappa shape index (κ3) is 3.15. The van der Waals surface area contributed by atoms with E-state index in [4.69, 9.17) is 23.2 Å². The standard InChI is InChI=1S/C11H8Cl2N4/c12-9-6-15-7-10(13)11(9)17-16-5-8-2-1-3-14-4-8/h1-7H,(H,15,17). The van der Waals surface area contributed by atoms with Crippen molar-refractivity contribution in [2.75, 3.05) is 5.43 Å². The maximum absolute atomic E-state index is 5.92. The molecular formula is C11H8Cl2N4. The molecule has 0 aliphatic carbocycles. The number of anilines is 1. The largest absolute Gasteiger partial charge is 0.275 e. The topological polar surface area (TPSA) is 50.2 Å². The van der Waals surface area contributed by atoms with Crippen LogP contribution in [0.3, 0.4) is 0 Å². The van der Waals surface area contributed by atoms with Crippen LogP contribution in [0.25, 0.3) is 0 Å². The van der Waals surface area contributed by atoms with Crippen LogP contribution in [0.4, 0.5) is 5.69 Å². The Morgan fingerprint density at radius 3 is 2.53 bits per heavy atom. The lowest BCUT2D eigenvalue weighted by Gasteiger charge is -2.04. The Kier molecular flexibility index (Phi) is 3.90. The van der Waals surface area contributed by atoms with Crippen LogP contribution in [0.5, 0.6) is 0 Å². The van der Waals surface area contributed by atoms with Crippen molar-refractivity contribution in [2.45, 2.75) is 0 Å². The maximum Gasteiger partial charge on any atom is 0.0965 e. The highest BCUT2D eigenvalue weighted by Crippen LogP contribution is 2.28. The summed E-state index contributed by atoms with van der Waals surface area (Å²) >= 11 is 11.8. The Labute approximate surface area is 108 Å². The summed E-state index contributed by atoms with van der Waals surface area (Å²) < 4.78 is 0. The second kappa shape index (κ2) is 5.61. The van der Waals surface area contributed by atoms with Gasteiger partial charge in [0, 0.05) is 30.4 Å². The number of nitrogens with zero attached hydrogens (tertiary/aromatic N) is 3. The number of hydrogen-bond acceptors (Lipinski definition) is 4. The van der Waals surface area contributed by atoms with Crippen molar-refractivity contribution in [3.63, 3.8) is 0 Å². The zero-order valence-corrected chi connectivity index (χ0v) is 10.2. The number of hydrogen-bond donors (Lipinski definition) is 1. The number of hydrazone groups is 1. The third-order valence-corrected chi connectivity index (χ3v) is 2.50. The summed E-state index contributed by atoms with van der Waals surface area (Å²) in [6, 6.07) is 3.71. The predicted molar refractivity (Wildman–Crippen MR) is 69.7 cm³/mol. The Morgan fingerprint density at radius 2 is 1.88 bits per heavy atom. The molecule has 2 rings (SSSR count). The third-order valence-electron chi connectivity index (χ3n) is 1.93. The average Bonchev–Trinajstić information content (AvgIpc) is 2.34. The number of rotatable bonds is 3. The average molecular weight is 267 g/mol. The van der Waals surface area contributed by atoms with Gasteiger partial charge in [-0.1, -0.05) is 29.3 Å². The smallest absolute Gasteiger partial charge is 0.0965 e. The van der Waals surface area contributed by atoms with E-state index in [1.165, 1.54) is 12.4 Å². The Morgan fingerprint density at radius 1 is 1.12 bits per heavy atom. The molecule has 0 saturated carbocycles. The Hall–Kier alpha value is -1.65. The molecule has 0 saturated heterocycles. The quantitative estimate of drug-likeness (QED) is 0.686. The minimum Gasteiger partial charge on any atom is -0.275 e. The van der Waals surface area contributed by atoms with E-state index >= 15 is 0 Å². The van der Waals surface area contributed by atoms with Gasteiger partial charge in [-0.2, -0.15) is 5.10 Å². The molecule has 0 spiro atoms. The minimum absolute atomic E-state index is 0.417. The van der Waals surface area contributed by atoms with Crippen molar-refractivity contribution in [1.82, 2.24) is 9.97 Å². The fourth-order valence-corrected chi connectivity index (χ4v) is 1.59. The molecule has 1 N–H and O–H groups in total. The van der Waals surface area contributed by atoms with Gasteiger partial charge >= 0.3 is 0 Å². The molecule has 0 bridgehead atoms. The highest BCUT2D eigenvalue weighted by molar-refractivity contribution is 6.38. The van der Waals surface area contributed by atoms with Crippen LogP contribution in [0.1, 0.15) is 5.56 Å². The van der Waals surface area contributed by atoms with Gasteiger partial charge in [-0.05, 0) is 6.07 Å². The summed E-state index contributed by atoms with van der Waals surface area (Å²) in [6.45, 7) is 0. The minimum atomic E-state index is 0.417. The van der Waals surface area contributed by atoms with E-state index in [0.29, 0.717) is 15.7 Å². The fraction of sp³-hybridized carbons (Fsp3) is 0. The van der Waals surface area contributed by atoms with Crippen LogP contribution >= 0.6 is 23.2 Å². The van der Waals surface area contributed by atoms with Crippen LogP contribution in [0, 0.1) is 0 Å². The van der Waals surface area contributed by atoms with Gasteiger partial charge in [0.2, 0.25) is 0 Å². The fourth-order valence-electron chi connectivity index (χ4n) is 1.14. The first-order chi connectivity index (χ1) is 8.27. The molecule has 4 nitrogen and oxygen atoms in total. The number of aromatic nitrogens is 2. The lowest BCUT2D eigenvalue weighted by Crippen LogP contribution is -1.93. The van der Waals surface area contributed by atoms with Gasteiger partial charge in [0.05, 0.1) is 21.9 Å². The molecule has 0 aliphatic rings. The lowest BCUT2D eigenvalue weighted by atomic mass is 10.3. The highest BCUT2D eigenvalue weighted by atomic mass is 35.5. The van der Waals surface area contributed by atoms with Gasteiger partial charge in [0.15, 0.2) is 0 Å². The molecule has 2 aromatic rings. The summed E-state index contributed by atoms with van der Waals surface area (Å²) in [6.07, 6.45) is 8.01. The molecule has 0 amide bonds. The van der Waals surface area contributed by atoms with E-state index in [2.05, 4.69) is 20.5 Å². The molecule has 0 radical (unpaired) electrons. The lowest BCUT2D eigenvalue weighted by molar-refractivity contribution is 1.28. The van der Waals surface area contributed by atoms with Crippen LogP contribution in [0.2, 0.25) is 10.0 Å². The SMILES string of the molecule is Clc1cncc(Cl)c1NN=Cc1cccnc1. The molecule has 6 heteroatoms. The van der Waals surface area contributed by atoms with Crippen LogP contribution in [-0.4, -0.2) is 16.2 Å². The van der Waals surface area contributed by atoms with Gasteiger partial charge in [-0.3, -0.25) is 15.4 Å². The number of nitrogens with one attached hydrogen (secondary N) is 1. The first-order valence-electron chi connectivity index (χ1n) is 4.75. The Balaban J connectivity index is 2.10. The summed E-state index contributed by atoms with van der Waals surface area (Å²) in [7, 11) is 0. The second-order valence-corrected chi connectivity index (χ2v) is 3.95. The molecule has 17 heavy (non-hydrogen) atoms. The summed E-state index contributed by atoms with van der Waals surface area (Å²) in [4.78, 5) is 7.81. The molecule has 0 aliphatic heterocycles. The van der Waals surface area contributed by atoms with Crippen LogP contribution in [-0.2, 0) is 0 Å². The van der Waals surface area contributed by atoms with E-state index in [-0.39, 0.29) is 0 Å². The van der Waals surface area contributed by atoms with Crippen molar-refractivity contribution >= 4 is 35.1 Å². The van der Waals surface area contributed by atoms with Crippen molar-refractivity contribution < 1.29 is 0 Å². The zero-order chi connectivity index (χ0) is 12.1. The first-order valence-corrected chi connectivity index (χ1v) is 5.51. The van der Waals surface area contributed by atoms with Crippen molar-refractivity contribution in [1.29, 1.82) is 0 Å². The molecule has 0 aromatic carbocycles. The van der Waals surface area contributed by atoms with E-state index in [9.17, 15) is 0 Å². The molecule has 2 heterocycles. The first kappa shape index (κ1) is 11.8. The Bertz CT molecular complexity index is 508. The molecular weight excluding hydrogens is 259 g/mol. The van der Waals surface area contributed by atoms with Crippen LogP contribution in [0.15, 0.2) is 42.0 Å². The summed E-state index contributed by atoms with van der Waals surface area (Å²) in [5, 5.41) is 4.86. The van der Waals surface area contributed by atoms with Crippen LogP contribution < -0.4 is 5.43 Å². The molecule has 0 unspecified atom stereocenters. The normalized spacial score (nSPS) is 10.7. The van der Waals surface area contributed by atoms with E-state index < -0.39 is 0 Å². The van der Waals surface area contributed by atoms with E-state index in [1.807, 2.05) is 12.1 Å². The second-order valence-electron chi connectivity index (χ2n) is 3.13. The van der Waals surface area contributed by atoms with Crippen molar-refractivity contribution in [3.8, 4) is 0 Å². The monoisotopic (exact) mass is 266 g/mol. The number of pyridine rings is 2. The molecule has 0 fully saturated rings. The van der Waals surface area contributed by atoms with Gasteiger partial charge in [-0.15, -0.1) is 0 Å². The van der Waals surface area contributed by atoms with Crippen molar-refractivity contribution in [3.05, 3.63) is 52.5 Å². The van der Waals surface area contributed by atoms with Gasteiger partial charge < -0.3 is 0 Å². The van der Waals surface area contributed by atoms with Gasteiger partial charge in [-0.25, -0.2) is 0 Å². The van der Waals surface area contributed by atoms with Gasteiger partial charge in [0.25, 0.3) is 0 Å². The van der Waals surface area contributed by atoms with Gasteiger partial charge in [0.1, 0.15) is 0 Å². The maximum atomic E-state index is 5.92. The summed E-state index contributed by atoms with van der Waals surface area (Å²) in [5.74, 6) is 0. The molecule has 86 valence electrons. The molecule has 2 aromatic heterocycles. The number of halogens is 2. The highest BCUT2D eigenvalue weighted by Gasteiger charge is 2.03. The molecule has 0 atom stereocenters. The summed E-state index contributed by atoms with van der Waals surface area (Å²) in [5.41, 5.74) is 4.17. The van der Waals surface area contributed by atoms with Crippen molar-refractivity contribution in [2.24, 2.45) is 5.10 Å². The predicted octanol–water partition coefficient (Wildman–Crippen LogP) is 3.23. The van der Waals surface area contributed by atoms with E-state index in [1.54, 1.807) is 18.6 Å². The van der Waals surface area contributed by atoms with E-state index in [0.717, 1.165) is 5.56 Å². The zero-order valence-electron chi connectivity index (χ0n) is 8.64.